The maximum atomic E-state index is 5.81. The Morgan fingerprint density at radius 2 is 1.56 bits per heavy atom. The van der Waals surface area contributed by atoms with Gasteiger partial charge in [0.25, 0.3) is 0 Å². The van der Waals surface area contributed by atoms with Gasteiger partial charge in [0.05, 0.1) is 0 Å². The van der Waals surface area contributed by atoms with E-state index in [0.717, 1.165) is 6.54 Å². The van der Waals surface area contributed by atoms with Crippen molar-refractivity contribution in [1.82, 2.24) is 0 Å². The Labute approximate surface area is 98.0 Å². The lowest BCUT2D eigenvalue weighted by molar-refractivity contribution is -0.195. The van der Waals surface area contributed by atoms with E-state index in [0.29, 0.717) is 10.8 Å². The standard InChI is InChI=1S/C15H21N/c1-11-3-12(2)5-13(4-11)6-14-7-15(8-14,9-14)10-16/h3-5H,6-10,16H2,1-2H3. The molecule has 3 aliphatic rings. The first-order valence-electron chi connectivity index (χ1n) is 6.32. The summed E-state index contributed by atoms with van der Waals surface area (Å²) in [5.41, 5.74) is 11.3. The highest BCUT2D eigenvalue weighted by molar-refractivity contribution is 5.32. The van der Waals surface area contributed by atoms with Crippen LogP contribution in [0.5, 0.6) is 0 Å². The highest BCUT2D eigenvalue weighted by atomic mass is 14.8. The molecule has 1 aromatic rings. The fourth-order valence-corrected chi connectivity index (χ4v) is 4.24. The minimum atomic E-state index is 0.568. The molecule has 3 fully saturated rings. The van der Waals surface area contributed by atoms with E-state index in [2.05, 4.69) is 32.0 Å². The number of benzene rings is 1. The summed E-state index contributed by atoms with van der Waals surface area (Å²) < 4.78 is 0. The average Bonchev–Trinajstić information content (AvgIpc) is 2.07. The van der Waals surface area contributed by atoms with Crippen molar-refractivity contribution < 1.29 is 0 Å². The molecule has 0 heterocycles. The highest BCUT2D eigenvalue weighted by Gasteiger charge is 2.66. The summed E-state index contributed by atoms with van der Waals surface area (Å²) in [7, 11) is 0. The lowest BCUT2D eigenvalue weighted by Crippen LogP contribution is -2.65. The van der Waals surface area contributed by atoms with Crippen LogP contribution in [0.3, 0.4) is 0 Å². The number of nitrogens with two attached hydrogens (primary N) is 1. The Hall–Kier alpha value is -0.820. The van der Waals surface area contributed by atoms with Crippen LogP contribution in [0, 0.1) is 24.7 Å². The molecular weight excluding hydrogens is 194 g/mol. The molecule has 0 aromatic heterocycles. The summed E-state index contributed by atoms with van der Waals surface area (Å²) in [5.74, 6) is 0. The van der Waals surface area contributed by atoms with E-state index < -0.39 is 0 Å². The summed E-state index contributed by atoms with van der Waals surface area (Å²) in [6.07, 6.45) is 5.41. The summed E-state index contributed by atoms with van der Waals surface area (Å²) in [6.45, 7) is 5.29. The first kappa shape index (κ1) is 10.3. The zero-order chi connectivity index (χ0) is 11.4. The molecule has 1 heteroatoms. The maximum absolute atomic E-state index is 5.81. The van der Waals surface area contributed by atoms with Crippen LogP contribution < -0.4 is 5.73 Å². The van der Waals surface area contributed by atoms with E-state index in [1.165, 1.54) is 42.4 Å². The van der Waals surface area contributed by atoms with Gasteiger partial charge >= 0.3 is 0 Å². The van der Waals surface area contributed by atoms with Crippen LogP contribution in [0.4, 0.5) is 0 Å². The number of hydrogen-bond acceptors (Lipinski definition) is 1. The van der Waals surface area contributed by atoms with Crippen molar-refractivity contribution in [3.05, 3.63) is 34.9 Å². The third kappa shape index (κ3) is 1.41. The molecular formula is C15H21N. The molecule has 0 atom stereocenters. The number of rotatable bonds is 3. The molecule has 2 bridgehead atoms. The maximum Gasteiger partial charge on any atom is -0.00199 e. The second-order valence-electron chi connectivity index (χ2n) is 6.41. The van der Waals surface area contributed by atoms with Crippen LogP contribution in [-0.2, 0) is 6.42 Å². The lowest BCUT2D eigenvalue weighted by atomic mass is 9.34. The molecule has 2 N–H and O–H groups in total. The van der Waals surface area contributed by atoms with Crippen LogP contribution >= 0.6 is 0 Å². The monoisotopic (exact) mass is 215 g/mol. The largest absolute Gasteiger partial charge is 0.330 e. The second kappa shape index (κ2) is 3.10. The van der Waals surface area contributed by atoms with Gasteiger partial charge in [0.2, 0.25) is 0 Å². The van der Waals surface area contributed by atoms with Crippen molar-refractivity contribution in [2.75, 3.05) is 6.54 Å². The smallest absolute Gasteiger partial charge is 0.00199 e. The quantitative estimate of drug-likeness (QED) is 0.824. The fourth-order valence-electron chi connectivity index (χ4n) is 4.24. The molecule has 16 heavy (non-hydrogen) atoms. The number of aryl methyl sites for hydroxylation is 2. The topological polar surface area (TPSA) is 26.0 Å². The Bertz CT molecular complexity index is 393. The Morgan fingerprint density at radius 1 is 1.00 bits per heavy atom. The van der Waals surface area contributed by atoms with Gasteiger partial charge < -0.3 is 5.73 Å². The average molecular weight is 215 g/mol. The fraction of sp³-hybridized carbons (Fsp3) is 0.600. The first-order chi connectivity index (χ1) is 7.55. The van der Waals surface area contributed by atoms with Gasteiger partial charge in [0, 0.05) is 0 Å². The predicted molar refractivity (Wildman–Crippen MR) is 67.4 cm³/mol. The SMILES string of the molecule is Cc1cc(C)cc(CC23CC(CN)(C2)C3)c1. The van der Waals surface area contributed by atoms with Crippen molar-refractivity contribution in [2.45, 2.75) is 39.5 Å². The molecule has 0 aliphatic heterocycles. The third-order valence-corrected chi connectivity index (χ3v) is 4.54. The lowest BCUT2D eigenvalue weighted by Gasteiger charge is -2.71. The third-order valence-electron chi connectivity index (χ3n) is 4.54. The Balaban J connectivity index is 1.72. The summed E-state index contributed by atoms with van der Waals surface area (Å²) in [5, 5.41) is 0. The van der Waals surface area contributed by atoms with Gasteiger partial charge in [0.1, 0.15) is 0 Å². The molecule has 1 nitrogen and oxygen atoms in total. The zero-order valence-corrected chi connectivity index (χ0v) is 10.3. The van der Waals surface area contributed by atoms with E-state index in [1.54, 1.807) is 0 Å². The van der Waals surface area contributed by atoms with Gasteiger partial charge in [-0.25, -0.2) is 0 Å². The molecule has 0 spiro atoms. The van der Waals surface area contributed by atoms with Gasteiger partial charge in [-0.15, -0.1) is 0 Å². The van der Waals surface area contributed by atoms with Gasteiger partial charge in [-0.1, -0.05) is 29.3 Å². The van der Waals surface area contributed by atoms with Gasteiger partial charge in [-0.3, -0.25) is 0 Å². The van der Waals surface area contributed by atoms with Crippen LogP contribution in [0.2, 0.25) is 0 Å². The van der Waals surface area contributed by atoms with E-state index in [1.807, 2.05) is 0 Å². The van der Waals surface area contributed by atoms with Crippen LogP contribution in [0.25, 0.3) is 0 Å². The molecule has 3 saturated carbocycles. The van der Waals surface area contributed by atoms with Crippen molar-refractivity contribution in [3.8, 4) is 0 Å². The molecule has 3 aliphatic carbocycles. The zero-order valence-electron chi connectivity index (χ0n) is 10.3. The van der Waals surface area contributed by atoms with Gasteiger partial charge in [-0.2, -0.15) is 0 Å². The molecule has 1 aromatic carbocycles. The van der Waals surface area contributed by atoms with E-state index in [9.17, 15) is 0 Å². The van der Waals surface area contributed by atoms with Crippen LogP contribution in [0.15, 0.2) is 18.2 Å². The van der Waals surface area contributed by atoms with E-state index >= 15 is 0 Å². The summed E-state index contributed by atoms with van der Waals surface area (Å²) >= 11 is 0. The molecule has 0 amide bonds. The summed E-state index contributed by atoms with van der Waals surface area (Å²) in [6, 6.07) is 6.96. The molecule has 0 unspecified atom stereocenters. The Morgan fingerprint density at radius 3 is 2.06 bits per heavy atom. The van der Waals surface area contributed by atoms with Crippen molar-refractivity contribution in [2.24, 2.45) is 16.6 Å². The first-order valence-corrected chi connectivity index (χ1v) is 6.32. The van der Waals surface area contributed by atoms with Crippen LogP contribution in [0.1, 0.15) is 36.0 Å². The van der Waals surface area contributed by atoms with Crippen LogP contribution in [-0.4, -0.2) is 6.54 Å². The molecule has 86 valence electrons. The molecule has 4 rings (SSSR count). The van der Waals surface area contributed by atoms with Crippen molar-refractivity contribution in [1.29, 1.82) is 0 Å². The molecule has 0 radical (unpaired) electrons. The highest BCUT2D eigenvalue weighted by Crippen LogP contribution is 2.73. The van der Waals surface area contributed by atoms with E-state index in [-0.39, 0.29) is 0 Å². The number of hydrogen-bond donors (Lipinski definition) is 1. The minimum absolute atomic E-state index is 0.568. The normalized spacial score (nSPS) is 35.4. The second-order valence-corrected chi connectivity index (χ2v) is 6.41. The summed E-state index contributed by atoms with van der Waals surface area (Å²) in [4.78, 5) is 0. The van der Waals surface area contributed by atoms with Crippen molar-refractivity contribution >= 4 is 0 Å². The van der Waals surface area contributed by atoms with Gasteiger partial charge in [-0.05, 0) is 62.5 Å². The van der Waals surface area contributed by atoms with E-state index in [4.69, 9.17) is 5.73 Å². The minimum Gasteiger partial charge on any atom is -0.330 e. The van der Waals surface area contributed by atoms with Crippen molar-refractivity contribution in [3.63, 3.8) is 0 Å². The molecule has 0 saturated heterocycles. The predicted octanol–water partition coefficient (Wildman–Crippen LogP) is 2.97. The van der Waals surface area contributed by atoms with Gasteiger partial charge in [0.15, 0.2) is 0 Å². The Kier molecular flexibility index (Phi) is 2.00.